The predicted octanol–water partition coefficient (Wildman–Crippen LogP) is 6.76. The van der Waals surface area contributed by atoms with Crippen molar-refractivity contribution in [3.8, 4) is 0 Å². The summed E-state index contributed by atoms with van der Waals surface area (Å²) in [5.74, 6) is -0.118. The second kappa shape index (κ2) is 19.6. The molecule has 0 saturated heterocycles. The van der Waals surface area contributed by atoms with E-state index in [-0.39, 0.29) is 53.3 Å². The number of benzene rings is 4. The molecule has 0 unspecified atom stereocenters. The smallest absolute Gasteiger partial charge is 0.748 e. The Morgan fingerprint density at radius 3 is 1.97 bits per heavy atom. The van der Waals surface area contributed by atoms with Crippen LogP contribution in [-0.4, -0.2) is 43.2 Å². The van der Waals surface area contributed by atoms with Gasteiger partial charge in [0.1, 0.15) is 10.1 Å². The summed E-state index contributed by atoms with van der Waals surface area (Å²) < 4.78 is 73.2. The topological polar surface area (TPSA) is 140 Å². The van der Waals surface area contributed by atoms with Crippen molar-refractivity contribution in [2.75, 3.05) is 16.8 Å². The number of anilines is 2. The Morgan fingerprint density at radius 1 is 0.733 bits per heavy atom. The molecule has 0 spiro atoms. The monoisotopic (exact) mass is 860 g/mol. The van der Waals surface area contributed by atoms with Gasteiger partial charge in [-0.15, -0.1) is 11.8 Å². The van der Waals surface area contributed by atoms with Gasteiger partial charge in [-0.2, -0.15) is 0 Å². The molecule has 2 N–H and O–H groups in total. The average Bonchev–Trinajstić information content (AvgIpc) is 3.15. The molecule has 5 rings (SSSR count). The summed E-state index contributed by atoms with van der Waals surface area (Å²) in [6.45, 7) is 25.4. The molecule has 8 nitrogen and oxygen atoms in total. The van der Waals surface area contributed by atoms with Crippen molar-refractivity contribution in [1.82, 2.24) is 0 Å². The molecule has 0 aromatic heterocycles. The van der Waals surface area contributed by atoms with E-state index in [0.29, 0.717) is 10.5 Å². The minimum Gasteiger partial charge on any atom is -0.748 e. The number of nitrogens with one attached hydrogen (secondary N) is 2. The zero-order valence-electron chi connectivity index (χ0n) is 37.3. The Balaban J connectivity index is 0.00000794. The molecule has 0 saturated carbocycles. The third-order valence-electron chi connectivity index (χ3n) is 11.5. The molecule has 0 bridgehead atoms. The van der Waals surface area contributed by atoms with E-state index in [9.17, 15) is 25.9 Å². The van der Waals surface area contributed by atoms with Gasteiger partial charge in [-0.3, -0.25) is 0 Å². The number of thioether (sulfide) groups is 1. The number of allylic oxidation sites excluding steroid dienone is 5. The summed E-state index contributed by atoms with van der Waals surface area (Å²) in [5.41, 5.74) is 17.9. The van der Waals surface area contributed by atoms with Crippen LogP contribution in [0.25, 0.3) is 5.57 Å². The van der Waals surface area contributed by atoms with Crippen LogP contribution in [0.5, 0.6) is 0 Å². The molecule has 4 aromatic rings. The maximum Gasteiger partial charge on any atom is 1.00 e. The summed E-state index contributed by atoms with van der Waals surface area (Å²) in [7, 11) is -9.40. The van der Waals surface area contributed by atoms with E-state index in [1.165, 1.54) is 51.2 Å². The minimum absolute atomic E-state index is 0. The van der Waals surface area contributed by atoms with Crippen molar-refractivity contribution in [3.63, 3.8) is 0 Å². The SMILES string of the molecule is Cc1cc(C)c(Nc2ccc(C(=C3C=CC(=[NH+]c4c(C)cc(C)c(C)c4C)C(C(C)C)=C3)c3ccc(SCCCS(=O)(=O)[O-])cc3S(=O)(=O)[O-])cc2C(C)C)c(C)c1C.[Li+]. The molecule has 12 heteroatoms. The average molecular weight is 861 g/mol. The standard InChI is InChI=1S/C48H58N2O6S3.Li/c1-27(2)41-24-37(14-18-43(41)49-47-31(7)22-29(5)33(9)35(47)11)46(40-17-16-39(26-45(40)59(54,55)56)57-20-13-21-58(51,52)53)38-15-19-44(42(25-38)28(3)4)50-48-32(8)23-30(6)34(10)36(48)12;/h14-19,22-28,49H,13,20-21H2,1-12H3,(H,51,52,53)(H,54,55,56);/q;+1/p-1. The van der Waals surface area contributed by atoms with E-state index >= 15 is 0 Å². The van der Waals surface area contributed by atoms with Crippen molar-refractivity contribution in [2.24, 2.45) is 5.92 Å². The van der Waals surface area contributed by atoms with E-state index in [1.54, 1.807) is 12.1 Å². The van der Waals surface area contributed by atoms with Gasteiger partial charge in [0, 0.05) is 50.4 Å². The first kappa shape index (κ1) is 49.0. The fourth-order valence-electron chi connectivity index (χ4n) is 7.75. The van der Waals surface area contributed by atoms with E-state index < -0.39 is 26.0 Å². The van der Waals surface area contributed by atoms with Crippen LogP contribution >= 0.6 is 11.8 Å². The molecule has 0 fully saturated rings. The molecule has 0 atom stereocenters. The summed E-state index contributed by atoms with van der Waals surface area (Å²) in [4.78, 5) is 3.83. The van der Waals surface area contributed by atoms with Crippen molar-refractivity contribution >= 4 is 60.3 Å². The van der Waals surface area contributed by atoms with Crippen molar-refractivity contribution < 1.29 is 49.8 Å². The normalized spacial score (nSPS) is 14.8. The summed E-state index contributed by atoms with van der Waals surface area (Å²) >= 11 is 1.20. The number of aryl methyl sites for hydroxylation is 4. The van der Waals surface area contributed by atoms with Gasteiger partial charge in [-0.25, -0.2) is 21.8 Å². The Labute approximate surface area is 374 Å². The number of hydrogen-bond donors (Lipinski definition) is 2. The van der Waals surface area contributed by atoms with Gasteiger partial charge >= 0.3 is 18.9 Å². The summed E-state index contributed by atoms with van der Waals surface area (Å²) in [6.07, 6.45) is 6.19. The molecule has 0 aliphatic heterocycles. The second-order valence-corrected chi connectivity index (χ2v) is 20.4. The van der Waals surface area contributed by atoms with Gasteiger partial charge in [-0.1, -0.05) is 45.9 Å². The quantitative estimate of drug-likeness (QED) is 0.0651. The molecule has 0 radical (unpaired) electrons. The van der Waals surface area contributed by atoms with Gasteiger partial charge < -0.3 is 14.4 Å². The van der Waals surface area contributed by atoms with Gasteiger partial charge in [0.15, 0.2) is 0 Å². The number of hydrogen-bond acceptors (Lipinski definition) is 8. The molecular formula is C48H57LiN2O6S3. The first-order valence-corrected chi connectivity index (χ1v) is 24.0. The fourth-order valence-corrected chi connectivity index (χ4v) is 10.1. The van der Waals surface area contributed by atoms with Gasteiger partial charge in [0.25, 0.3) is 0 Å². The maximum absolute atomic E-state index is 13.2. The molecule has 0 amide bonds. The zero-order chi connectivity index (χ0) is 43.7. The third-order valence-corrected chi connectivity index (χ3v) is 14.2. The second-order valence-electron chi connectivity index (χ2n) is 16.4. The third kappa shape index (κ3) is 11.2. The minimum atomic E-state index is -5.01. The van der Waals surface area contributed by atoms with Gasteiger partial charge in [0.2, 0.25) is 11.4 Å². The molecule has 60 heavy (non-hydrogen) atoms. The Hall–Kier alpha value is -3.66. The number of rotatable bonds is 13. The molecule has 0 heterocycles. The first-order chi connectivity index (χ1) is 27.5. The summed E-state index contributed by atoms with van der Waals surface area (Å²) in [6, 6.07) is 15.2. The van der Waals surface area contributed by atoms with Gasteiger partial charge in [-0.05, 0) is 178 Å². The van der Waals surface area contributed by atoms with E-state index in [1.807, 2.05) is 24.3 Å². The van der Waals surface area contributed by atoms with Crippen LogP contribution in [0.3, 0.4) is 0 Å². The molecule has 1 aliphatic rings. The molecule has 4 aromatic carbocycles. The van der Waals surface area contributed by atoms with E-state index in [0.717, 1.165) is 56.2 Å². The van der Waals surface area contributed by atoms with E-state index in [4.69, 9.17) is 0 Å². The van der Waals surface area contributed by atoms with Crippen molar-refractivity contribution in [2.45, 2.75) is 105 Å². The van der Waals surface area contributed by atoms with Crippen LogP contribution in [-0.2, 0) is 20.2 Å². The van der Waals surface area contributed by atoms with Crippen LogP contribution in [0.4, 0.5) is 17.1 Å². The van der Waals surface area contributed by atoms with Crippen molar-refractivity contribution in [1.29, 1.82) is 0 Å². The van der Waals surface area contributed by atoms with Gasteiger partial charge in [0.05, 0.1) is 15.0 Å². The van der Waals surface area contributed by atoms with Crippen LogP contribution in [0.1, 0.15) is 101 Å². The Bertz CT molecular complexity index is 2670. The van der Waals surface area contributed by atoms with E-state index in [2.05, 4.69) is 118 Å². The van der Waals surface area contributed by atoms with Crippen LogP contribution in [0.2, 0.25) is 0 Å². The summed E-state index contributed by atoms with van der Waals surface area (Å²) in [5, 5.41) is 3.73. The molecule has 1 aliphatic carbocycles. The Morgan fingerprint density at radius 2 is 1.37 bits per heavy atom. The van der Waals surface area contributed by atoms with Crippen molar-refractivity contribution in [3.05, 3.63) is 139 Å². The molecular weight excluding hydrogens is 804 g/mol. The van der Waals surface area contributed by atoms with Crippen LogP contribution in [0.15, 0.2) is 87.7 Å². The van der Waals surface area contributed by atoms with Crippen LogP contribution in [0, 0.1) is 61.3 Å². The Kier molecular flexibility index (Phi) is 16.0. The van der Waals surface area contributed by atoms with Crippen LogP contribution < -0.4 is 29.2 Å². The largest absolute Gasteiger partial charge is 1.00 e. The predicted molar refractivity (Wildman–Crippen MR) is 243 cm³/mol. The fraction of sp³-hybridized carbons (Fsp3) is 0.354. The zero-order valence-corrected chi connectivity index (χ0v) is 39.8. The maximum atomic E-state index is 13.2. The first-order valence-electron chi connectivity index (χ1n) is 20.0. The molecule has 314 valence electrons.